The Morgan fingerprint density at radius 2 is 1.00 bits per heavy atom. The number of rotatable bonds is 2. The third-order valence-corrected chi connectivity index (χ3v) is 7.78. The van der Waals surface area contributed by atoms with E-state index in [-0.39, 0.29) is 27.1 Å². The highest BCUT2D eigenvalue weighted by Gasteiger charge is 2.49. The van der Waals surface area contributed by atoms with Gasteiger partial charge in [0.2, 0.25) is 0 Å². The van der Waals surface area contributed by atoms with Crippen LogP contribution in [0.2, 0.25) is 0 Å². The Kier molecular flexibility index (Phi) is 6.66. The van der Waals surface area contributed by atoms with Crippen molar-refractivity contribution in [1.82, 2.24) is 0 Å². The maximum Gasteiger partial charge on any atom is 0.0294 e. The SMILES string of the molecule is CC(C)(C)C1=C(c2ccc(C(C)(C)C)cc2)C(c2ccc(C(C)(C)C)cc2)(C(C)(C)C)CC=C1. The molecule has 0 nitrogen and oxygen atoms in total. The van der Waals surface area contributed by atoms with Crippen LogP contribution in [0.4, 0.5) is 0 Å². The molecule has 0 aromatic heterocycles. The Balaban J connectivity index is 2.36. The van der Waals surface area contributed by atoms with Crippen molar-refractivity contribution < 1.29 is 0 Å². The second-order valence-electron chi connectivity index (χ2n) is 14.5. The minimum atomic E-state index is -0.107. The summed E-state index contributed by atoms with van der Waals surface area (Å²) < 4.78 is 0. The Morgan fingerprint density at radius 3 is 1.38 bits per heavy atom. The first kappa shape index (κ1) is 26.5. The molecule has 1 aliphatic rings. The van der Waals surface area contributed by atoms with Crippen molar-refractivity contribution in [2.24, 2.45) is 10.8 Å². The van der Waals surface area contributed by atoms with Gasteiger partial charge < -0.3 is 0 Å². The van der Waals surface area contributed by atoms with Crippen molar-refractivity contribution in [2.45, 2.75) is 106 Å². The molecule has 0 heteroatoms. The average Bonchev–Trinajstić information content (AvgIpc) is 2.70. The molecular weight excluding hydrogens is 408 g/mol. The van der Waals surface area contributed by atoms with Gasteiger partial charge >= 0.3 is 0 Å². The van der Waals surface area contributed by atoms with Crippen LogP contribution in [0, 0.1) is 10.8 Å². The van der Waals surface area contributed by atoms with Crippen LogP contribution in [0.25, 0.3) is 5.57 Å². The van der Waals surface area contributed by atoms with Crippen LogP contribution in [-0.2, 0) is 16.2 Å². The van der Waals surface area contributed by atoms with E-state index in [0.29, 0.717) is 0 Å². The summed E-state index contributed by atoms with van der Waals surface area (Å²) in [6, 6.07) is 19.0. The van der Waals surface area contributed by atoms with E-state index < -0.39 is 0 Å². The van der Waals surface area contributed by atoms with Gasteiger partial charge in [0.1, 0.15) is 0 Å². The maximum atomic E-state index is 2.43. The van der Waals surface area contributed by atoms with E-state index in [0.717, 1.165) is 6.42 Å². The molecular formula is C34H48. The summed E-state index contributed by atoms with van der Waals surface area (Å²) >= 11 is 0. The summed E-state index contributed by atoms with van der Waals surface area (Å²) in [4.78, 5) is 0. The molecule has 2 aromatic carbocycles. The minimum Gasteiger partial charge on any atom is -0.0830 e. The lowest BCUT2D eigenvalue weighted by molar-refractivity contribution is 0.244. The molecule has 0 aliphatic heterocycles. The Labute approximate surface area is 210 Å². The highest BCUT2D eigenvalue weighted by atomic mass is 14.5. The van der Waals surface area contributed by atoms with Gasteiger partial charge in [-0.3, -0.25) is 0 Å². The van der Waals surface area contributed by atoms with E-state index in [2.05, 4.69) is 144 Å². The van der Waals surface area contributed by atoms with E-state index in [1.165, 1.54) is 33.4 Å². The predicted octanol–water partition coefficient (Wildman–Crippen LogP) is 10.0. The molecule has 0 fully saturated rings. The van der Waals surface area contributed by atoms with E-state index >= 15 is 0 Å². The molecule has 2 aromatic rings. The first-order valence-electron chi connectivity index (χ1n) is 13.0. The summed E-state index contributed by atoms with van der Waals surface area (Å²) in [6.07, 6.45) is 5.85. The summed E-state index contributed by atoms with van der Waals surface area (Å²) in [5.41, 5.74) is 8.80. The second-order valence-corrected chi connectivity index (χ2v) is 14.5. The van der Waals surface area contributed by atoms with E-state index in [9.17, 15) is 0 Å². The minimum absolute atomic E-state index is 0.0372. The lowest BCUT2D eigenvalue weighted by atomic mass is 9.52. The fourth-order valence-corrected chi connectivity index (χ4v) is 5.56. The summed E-state index contributed by atoms with van der Waals surface area (Å²) in [7, 11) is 0. The molecule has 0 bridgehead atoms. The molecule has 0 heterocycles. The van der Waals surface area contributed by atoms with Crippen molar-refractivity contribution in [2.75, 3.05) is 0 Å². The Bertz CT molecular complexity index is 1060. The maximum absolute atomic E-state index is 2.43. The molecule has 34 heavy (non-hydrogen) atoms. The van der Waals surface area contributed by atoms with Crippen LogP contribution in [0.3, 0.4) is 0 Å². The fraction of sp³-hybridized carbons (Fsp3) is 0.529. The van der Waals surface area contributed by atoms with Gasteiger partial charge in [-0.05, 0) is 61.5 Å². The Hall–Kier alpha value is -2.08. The highest BCUT2D eigenvalue weighted by Crippen LogP contribution is 2.58. The normalized spacial score (nSPS) is 20.1. The summed E-state index contributed by atoms with van der Waals surface area (Å²) in [5, 5.41) is 0. The summed E-state index contributed by atoms with van der Waals surface area (Å²) in [6.45, 7) is 28.1. The largest absolute Gasteiger partial charge is 0.0830 e. The molecule has 0 amide bonds. The molecule has 0 saturated heterocycles. The molecule has 3 rings (SSSR count). The van der Waals surface area contributed by atoms with E-state index in [1.807, 2.05) is 0 Å². The molecule has 0 saturated carbocycles. The van der Waals surface area contributed by atoms with Gasteiger partial charge in [0.25, 0.3) is 0 Å². The van der Waals surface area contributed by atoms with Crippen molar-refractivity contribution in [3.05, 3.63) is 88.5 Å². The molecule has 1 unspecified atom stereocenters. The van der Waals surface area contributed by atoms with Gasteiger partial charge in [-0.25, -0.2) is 0 Å². The van der Waals surface area contributed by atoms with Crippen LogP contribution >= 0.6 is 0 Å². The van der Waals surface area contributed by atoms with Crippen molar-refractivity contribution in [3.63, 3.8) is 0 Å². The molecule has 0 N–H and O–H groups in total. The molecule has 0 spiro atoms. The van der Waals surface area contributed by atoms with Gasteiger partial charge in [0, 0.05) is 5.41 Å². The van der Waals surface area contributed by atoms with Crippen molar-refractivity contribution >= 4 is 5.57 Å². The van der Waals surface area contributed by atoms with Gasteiger partial charge in [0.15, 0.2) is 0 Å². The van der Waals surface area contributed by atoms with Crippen LogP contribution in [0.5, 0.6) is 0 Å². The van der Waals surface area contributed by atoms with Crippen molar-refractivity contribution in [1.29, 1.82) is 0 Å². The average molecular weight is 457 g/mol. The zero-order chi connectivity index (χ0) is 25.7. The molecule has 0 radical (unpaired) electrons. The first-order valence-corrected chi connectivity index (χ1v) is 13.0. The monoisotopic (exact) mass is 456 g/mol. The zero-order valence-electron chi connectivity index (χ0n) is 24.0. The third-order valence-electron chi connectivity index (χ3n) is 7.78. The lowest BCUT2D eigenvalue weighted by Crippen LogP contribution is -2.43. The topological polar surface area (TPSA) is 0 Å². The smallest absolute Gasteiger partial charge is 0.0294 e. The lowest BCUT2D eigenvalue weighted by Gasteiger charge is -2.51. The molecule has 184 valence electrons. The summed E-state index contributed by atoms with van der Waals surface area (Å²) in [5.74, 6) is 0. The third kappa shape index (κ3) is 4.84. The highest BCUT2D eigenvalue weighted by molar-refractivity contribution is 5.83. The van der Waals surface area contributed by atoms with Crippen LogP contribution in [0.15, 0.2) is 66.3 Å². The van der Waals surface area contributed by atoms with E-state index in [1.54, 1.807) is 0 Å². The first-order chi connectivity index (χ1) is 15.4. The fourth-order valence-electron chi connectivity index (χ4n) is 5.56. The van der Waals surface area contributed by atoms with Crippen LogP contribution in [-0.4, -0.2) is 0 Å². The van der Waals surface area contributed by atoms with E-state index in [4.69, 9.17) is 0 Å². The zero-order valence-corrected chi connectivity index (χ0v) is 24.0. The number of hydrogen-bond acceptors (Lipinski definition) is 0. The number of benzene rings is 2. The quantitative estimate of drug-likeness (QED) is 0.421. The Morgan fingerprint density at radius 1 is 0.559 bits per heavy atom. The number of hydrogen-bond donors (Lipinski definition) is 0. The molecule has 1 atom stereocenters. The second kappa shape index (κ2) is 8.54. The van der Waals surface area contributed by atoms with Gasteiger partial charge in [-0.1, -0.05) is 144 Å². The predicted molar refractivity (Wildman–Crippen MR) is 152 cm³/mol. The standard InChI is InChI=1S/C34H48/c1-30(2,3)25-17-15-24(16-18-25)29-28(32(7,8)9)14-13-23-34(29,33(10,11)12)27-21-19-26(20-22-27)31(4,5)6/h13-22H,23H2,1-12H3. The van der Waals surface area contributed by atoms with Gasteiger partial charge in [-0.15, -0.1) is 0 Å². The van der Waals surface area contributed by atoms with Crippen LogP contribution in [0.1, 0.15) is 112 Å². The molecule has 1 aliphatic carbocycles. The van der Waals surface area contributed by atoms with Crippen molar-refractivity contribution in [3.8, 4) is 0 Å². The van der Waals surface area contributed by atoms with Gasteiger partial charge in [0.05, 0.1) is 0 Å². The van der Waals surface area contributed by atoms with Gasteiger partial charge in [-0.2, -0.15) is 0 Å². The number of allylic oxidation sites excluding steroid dienone is 4. The van der Waals surface area contributed by atoms with Crippen LogP contribution < -0.4 is 0 Å².